The van der Waals surface area contributed by atoms with E-state index in [1.165, 1.54) is 0 Å². The number of nitrogens with one attached hydrogen (secondary N) is 3. The molecule has 4 rings (SSSR count). The Balaban J connectivity index is 1.40. The third kappa shape index (κ3) is 5.85. The Kier molecular flexibility index (Phi) is 7.29. The van der Waals surface area contributed by atoms with Crippen molar-refractivity contribution < 1.29 is 23.9 Å². The molecule has 2 atom stereocenters. The number of fused-ring (bicyclic) bond motifs is 1. The molecular formula is C25H22ClN3O5. The molecule has 3 aromatic carbocycles. The summed E-state index contributed by atoms with van der Waals surface area (Å²) in [5, 5.41) is 3.21. The first-order chi connectivity index (χ1) is 16.5. The highest BCUT2D eigenvalue weighted by Crippen LogP contribution is 2.30. The van der Waals surface area contributed by atoms with Gasteiger partial charge in [-0.3, -0.25) is 25.2 Å². The predicted molar refractivity (Wildman–Crippen MR) is 125 cm³/mol. The highest BCUT2D eigenvalue weighted by molar-refractivity contribution is 6.30. The highest BCUT2D eigenvalue weighted by atomic mass is 35.5. The van der Waals surface area contributed by atoms with Crippen molar-refractivity contribution in [2.45, 2.75) is 18.6 Å². The van der Waals surface area contributed by atoms with Crippen LogP contribution in [0, 0.1) is 0 Å². The second-order valence-electron chi connectivity index (χ2n) is 7.57. The van der Waals surface area contributed by atoms with Gasteiger partial charge in [0, 0.05) is 17.0 Å². The van der Waals surface area contributed by atoms with Crippen molar-refractivity contribution in [1.29, 1.82) is 0 Å². The molecule has 0 saturated heterocycles. The van der Waals surface area contributed by atoms with Gasteiger partial charge in [0.1, 0.15) is 12.6 Å². The molecular weight excluding hydrogens is 458 g/mol. The van der Waals surface area contributed by atoms with E-state index in [0.717, 1.165) is 5.56 Å². The Bertz CT molecular complexity index is 1170. The number of hydrogen-bond acceptors (Lipinski definition) is 5. The molecule has 0 aliphatic carbocycles. The van der Waals surface area contributed by atoms with Crippen LogP contribution in [0.3, 0.4) is 0 Å². The van der Waals surface area contributed by atoms with E-state index in [1.54, 1.807) is 48.5 Å². The van der Waals surface area contributed by atoms with Crippen LogP contribution in [-0.4, -0.2) is 36.5 Å². The van der Waals surface area contributed by atoms with Gasteiger partial charge in [-0.1, -0.05) is 54.1 Å². The number of hydrogen-bond donors (Lipinski definition) is 3. The fourth-order valence-electron chi connectivity index (χ4n) is 3.34. The topological polar surface area (TPSA) is 106 Å². The van der Waals surface area contributed by atoms with Gasteiger partial charge in [-0.15, -0.1) is 0 Å². The van der Waals surface area contributed by atoms with Crippen LogP contribution in [0.25, 0.3) is 0 Å². The SMILES string of the molecule is O=C(N[C@@H](Cc1ccccc1)C(=O)NNC(=O)C1COc2ccccc2O1)c1ccc(Cl)cc1. The van der Waals surface area contributed by atoms with Crippen molar-refractivity contribution in [3.8, 4) is 11.5 Å². The van der Waals surface area contributed by atoms with Gasteiger partial charge in [0.25, 0.3) is 17.7 Å². The lowest BCUT2D eigenvalue weighted by Gasteiger charge is -2.26. The molecule has 1 aliphatic rings. The first kappa shape index (κ1) is 23.1. The number of halogens is 1. The van der Waals surface area contributed by atoms with Crippen LogP contribution in [0.2, 0.25) is 5.02 Å². The van der Waals surface area contributed by atoms with Crippen LogP contribution in [0.1, 0.15) is 15.9 Å². The van der Waals surface area contributed by atoms with Crippen molar-refractivity contribution in [3.63, 3.8) is 0 Å². The van der Waals surface area contributed by atoms with E-state index in [9.17, 15) is 14.4 Å². The second kappa shape index (κ2) is 10.7. The molecule has 3 amide bonds. The largest absolute Gasteiger partial charge is 0.485 e. The number of ether oxygens (including phenoxy) is 2. The quantitative estimate of drug-likeness (QED) is 0.471. The van der Waals surface area contributed by atoms with Crippen molar-refractivity contribution in [2.24, 2.45) is 0 Å². The van der Waals surface area contributed by atoms with Gasteiger partial charge < -0.3 is 14.8 Å². The minimum atomic E-state index is -0.949. The van der Waals surface area contributed by atoms with Crippen LogP contribution in [0.15, 0.2) is 78.9 Å². The lowest BCUT2D eigenvalue weighted by Crippen LogP contribution is -2.56. The van der Waals surface area contributed by atoms with Gasteiger partial charge in [-0.25, -0.2) is 0 Å². The van der Waals surface area contributed by atoms with E-state index >= 15 is 0 Å². The molecule has 174 valence electrons. The van der Waals surface area contributed by atoms with Crippen molar-refractivity contribution in [2.75, 3.05) is 6.61 Å². The third-order valence-corrected chi connectivity index (χ3v) is 5.37. The molecule has 34 heavy (non-hydrogen) atoms. The van der Waals surface area contributed by atoms with E-state index in [0.29, 0.717) is 22.1 Å². The molecule has 8 nitrogen and oxygen atoms in total. The summed E-state index contributed by atoms with van der Waals surface area (Å²) in [6.07, 6.45) is -0.718. The van der Waals surface area contributed by atoms with Crippen LogP contribution >= 0.6 is 11.6 Å². The molecule has 0 saturated carbocycles. The van der Waals surface area contributed by atoms with Gasteiger partial charge in [0.05, 0.1) is 0 Å². The number of benzene rings is 3. The number of para-hydroxylation sites is 2. The summed E-state index contributed by atoms with van der Waals surface area (Å²) in [4.78, 5) is 38.2. The fourth-order valence-corrected chi connectivity index (χ4v) is 3.47. The number of carbonyl (C=O) groups excluding carboxylic acids is 3. The molecule has 0 aromatic heterocycles. The third-order valence-electron chi connectivity index (χ3n) is 5.12. The summed E-state index contributed by atoms with van der Waals surface area (Å²) in [6.45, 7) is -0.000532. The maximum Gasteiger partial charge on any atom is 0.283 e. The van der Waals surface area contributed by atoms with Crippen LogP contribution < -0.4 is 25.6 Å². The van der Waals surface area contributed by atoms with E-state index in [2.05, 4.69) is 16.2 Å². The van der Waals surface area contributed by atoms with E-state index in [4.69, 9.17) is 21.1 Å². The molecule has 1 heterocycles. The standard InChI is InChI=1S/C25H22ClN3O5/c26-18-12-10-17(11-13-18)23(30)27-19(14-16-6-2-1-3-7-16)24(31)28-29-25(32)22-15-33-20-8-4-5-9-21(20)34-22/h1-13,19,22H,14-15H2,(H,27,30)(H,28,31)(H,29,32)/t19-,22?/m0/s1. The first-order valence-electron chi connectivity index (χ1n) is 10.6. The second-order valence-corrected chi connectivity index (χ2v) is 8.00. The summed E-state index contributed by atoms with van der Waals surface area (Å²) in [5.74, 6) is -0.623. The van der Waals surface area contributed by atoms with Crippen molar-refractivity contribution >= 4 is 29.3 Å². The minimum Gasteiger partial charge on any atom is -0.485 e. The lowest BCUT2D eigenvalue weighted by molar-refractivity contribution is -0.135. The van der Waals surface area contributed by atoms with Gasteiger partial charge in [-0.05, 0) is 42.0 Å². The summed E-state index contributed by atoms with van der Waals surface area (Å²) in [5.41, 5.74) is 5.93. The normalized spacial score (nSPS) is 15.0. The molecule has 1 aliphatic heterocycles. The number of amides is 3. The summed E-state index contributed by atoms with van der Waals surface area (Å²) < 4.78 is 11.2. The van der Waals surface area contributed by atoms with E-state index in [-0.39, 0.29) is 13.0 Å². The van der Waals surface area contributed by atoms with Crippen LogP contribution in [-0.2, 0) is 16.0 Å². The molecule has 0 radical (unpaired) electrons. The minimum absolute atomic E-state index is 0.000532. The van der Waals surface area contributed by atoms with Crippen LogP contribution in [0.4, 0.5) is 0 Å². The molecule has 0 spiro atoms. The molecule has 1 unspecified atom stereocenters. The Morgan fingerprint density at radius 1 is 0.882 bits per heavy atom. The fraction of sp³-hybridized carbons (Fsp3) is 0.160. The van der Waals surface area contributed by atoms with Gasteiger partial charge in [0.2, 0.25) is 6.10 Å². The molecule has 9 heteroatoms. The number of hydrazine groups is 1. The zero-order valence-corrected chi connectivity index (χ0v) is 18.7. The van der Waals surface area contributed by atoms with E-state index < -0.39 is 29.9 Å². The molecule has 3 N–H and O–H groups in total. The van der Waals surface area contributed by atoms with Gasteiger partial charge in [0.15, 0.2) is 11.5 Å². The number of carbonyl (C=O) groups is 3. The van der Waals surface area contributed by atoms with Gasteiger partial charge in [-0.2, -0.15) is 0 Å². The highest BCUT2D eigenvalue weighted by Gasteiger charge is 2.29. The Labute approximate surface area is 201 Å². The first-order valence-corrected chi connectivity index (χ1v) is 11.0. The Morgan fingerprint density at radius 2 is 1.56 bits per heavy atom. The predicted octanol–water partition coefficient (Wildman–Crippen LogP) is 2.67. The summed E-state index contributed by atoms with van der Waals surface area (Å²) >= 11 is 5.89. The van der Waals surface area contributed by atoms with Crippen molar-refractivity contribution in [1.82, 2.24) is 16.2 Å². The van der Waals surface area contributed by atoms with E-state index in [1.807, 2.05) is 30.3 Å². The van der Waals surface area contributed by atoms with Gasteiger partial charge >= 0.3 is 0 Å². The average molecular weight is 480 g/mol. The maximum absolute atomic E-state index is 12.9. The monoisotopic (exact) mass is 479 g/mol. The lowest BCUT2D eigenvalue weighted by atomic mass is 10.0. The molecule has 0 fully saturated rings. The summed E-state index contributed by atoms with van der Waals surface area (Å²) in [7, 11) is 0. The zero-order chi connectivity index (χ0) is 23.9. The Hall–Kier alpha value is -4.04. The number of rotatable bonds is 6. The Morgan fingerprint density at radius 3 is 2.29 bits per heavy atom. The van der Waals surface area contributed by atoms with Crippen LogP contribution in [0.5, 0.6) is 11.5 Å². The molecule has 3 aromatic rings. The maximum atomic E-state index is 12.9. The average Bonchev–Trinajstić information content (AvgIpc) is 2.87. The summed E-state index contributed by atoms with van der Waals surface area (Å²) in [6, 6.07) is 21.6. The molecule has 0 bridgehead atoms. The zero-order valence-electron chi connectivity index (χ0n) is 18.0. The smallest absolute Gasteiger partial charge is 0.283 e. The van der Waals surface area contributed by atoms with Crippen molar-refractivity contribution in [3.05, 3.63) is 95.0 Å².